The summed E-state index contributed by atoms with van der Waals surface area (Å²) in [5.74, 6) is 0.314. The second kappa shape index (κ2) is 5.59. The molecule has 4 nitrogen and oxygen atoms in total. The lowest BCUT2D eigenvalue weighted by atomic mass is 9.97. The lowest BCUT2D eigenvalue weighted by Crippen LogP contribution is -2.39. The van der Waals surface area contributed by atoms with Crippen molar-refractivity contribution in [2.45, 2.75) is 19.9 Å². The van der Waals surface area contributed by atoms with Gasteiger partial charge in [-0.05, 0) is 12.1 Å². The smallest absolute Gasteiger partial charge is 0.0705 e. The van der Waals surface area contributed by atoms with E-state index in [0.29, 0.717) is 5.92 Å². The molecule has 2 heterocycles. The van der Waals surface area contributed by atoms with E-state index in [1.165, 1.54) is 5.39 Å². The third-order valence-corrected chi connectivity index (χ3v) is 3.96. The number of hydrogen-bond acceptors (Lipinski definition) is 4. The van der Waals surface area contributed by atoms with Crippen molar-refractivity contribution in [3.8, 4) is 0 Å². The Morgan fingerprint density at radius 3 is 2.95 bits per heavy atom. The van der Waals surface area contributed by atoms with Gasteiger partial charge in [-0.15, -0.1) is 0 Å². The van der Waals surface area contributed by atoms with E-state index in [1.54, 1.807) is 0 Å². The highest BCUT2D eigenvalue weighted by atomic mass is 16.4. The summed E-state index contributed by atoms with van der Waals surface area (Å²) in [6, 6.07) is 12.4. The Labute approximate surface area is 118 Å². The van der Waals surface area contributed by atoms with Crippen LogP contribution in [-0.4, -0.2) is 33.9 Å². The van der Waals surface area contributed by atoms with E-state index in [4.69, 9.17) is 10.2 Å². The molecule has 0 bridgehead atoms. The van der Waals surface area contributed by atoms with Crippen molar-refractivity contribution in [3.63, 3.8) is 0 Å². The Morgan fingerprint density at radius 2 is 2.15 bits per heavy atom. The highest BCUT2D eigenvalue weighted by Crippen LogP contribution is 2.17. The number of benzene rings is 1. The van der Waals surface area contributed by atoms with Crippen molar-refractivity contribution in [2.75, 3.05) is 13.1 Å². The lowest BCUT2D eigenvalue weighted by molar-refractivity contribution is 0.226. The number of nitrogens with zero attached hydrogens (tertiary/aromatic N) is 3. The van der Waals surface area contributed by atoms with Gasteiger partial charge in [-0.1, -0.05) is 36.3 Å². The minimum atomic E-state index is 0.314. The van der Waals surface area contributed by atoms with E-state index in [0.717, 1.165) is 43.0 Å². The molecule has 1 aromatic carbocycles. The molecule has 20 heavy (non-hydrogen) atoms. The van der Waals surface area contributed by atoms with Crippen LogP contribution in [-0.2, 0) is 6.54 Å². The summed E-state index contributed by atoms with van der Waals surface area (Å²) in [4.78, 5) is 7.08. The zero-order valence-electron chi connectivity index (χ0n) is 11.7. The molecule has 0 amide bonds. The Morgan fingerprint density at radius 1 is 1.30 bits per heavy atom. The summed E-state index contributed by atoms with van der Waals surface area (Å²) in [6.07, 6.45) is 0.839. The van der Waals surface area contributed by atoms with E-state index in [2.05, 4.69) is 35.2 Å². The summed E-state index contributed by atoms with van der Waals surface area (Å²) >= 11 is 0. The molecule has 1 N–H and O–H groups in total. The first kappa shape index (κ1) is 13.1. The van der Waals surface area contributed by atoms with Crippen LogP contribution in [0.5, 0.6) is 0 Å². The van der Waals surface area contributed by atoms with Gasteiger partial charge in [-0.2, -0.15) is 0 Å². The highest BCUT2D eigenvalue weighted by molar-refractivity contribution is 5.87. The van der Waals surface area contributed by atoms with Crippen LogP contribution in [0.3, 0.4) is 0 Å². The first-order chi connectivity index (χ1) is 9.76. The molecule has 1 aliphatic rings. The molecule has 1 fully saturated rings. The summed E-state index contributed by atoms with van der Waals surface area (Å²) in [7, 11) is 0. The van der Waals surface area contributed by atoms with Crippen molar-refractivity contribution in [3.05, 3.63) is 42.1 Å². The molecule has 104 valence electrons. The van der Waals surface area contributed by atoms with Crippen molar-refractivity contribution in [2.24, 2.45) is 11.1 Å². The predicted molar refractivity (Wildman–Crippen MR) is 80.0 cm³/mol. The monoisotopic (exact) mass is 269 g/mol. The van der Waals surface area contributed by atoms with E-state index < -0.39 is 0 Å². The number of para-hydroxylation sites is 1. The van der Waals surface area contributed by atoms with Crippen LogP contribution in [0.15, 0.2) is 41.6 Å². The van der Waals surface area contributed by atoms with Crippen LogP contribution in [0.25, 0.3) is 10.9 Å². The SMILES string of the molecule is CC1CN(Cc2ccc3ccccc3n2)CC/C1=N\O. The summed E-state index contributed by atoms with van der Waals surface area (Å²) in [5.41, 5.74) is 3.06. The van der Waals surface area contributed by atoms with Gasteiger partial charge in [-0.3, -0.25) is 9.88 Å². The van der Waals surface area contributed by atoms with Crippen LogP contribution in [0.1, 0.15) is 19.0 Å². The fourth-order valence-electron chi connectivity index (χ4n) is 2.82. The average Bonchev–Trinajstić information content (AvgIpc) is 2.47. The Bertz CT molecular complexity index is 638. The number of hydrogen-bond donors (Lipinski definition) is 1. The number of rotatable bonds is 2. The maximum Gasteiger partial charge on any atom is 0.0705 e. The average molecular weight is 269 g/mol. The molecule has 3 rings (SSSR count). The summed E-state index contributed by atoms with van der Waals surface area (Å²) in [5, 5.41) is 13.5. The van der Waals surface area contributed by atoms with E-state index in [-0.39, 0.29) is 0 Å². The standard InChI is InChI=1S/C16H19N3O/c1-12-10-19(9-8-15(12)18-20)11-14-7-6-13-4-2-3-5-16(13)17-14/h2-7,12,20H,8-11H2,1H3/b18-15+. The zero-order chi connectivity index (χ0) is 13.9. The number of pyridine rings is 1. The van der Waals surface area contributed by atoms with Crippen LogP contribution >= 0.6 is 0 Å². The topological polar surface area (TPSA) is 48.7 Å². The zero-order valence-corrected chi connectivity index (χ0v) is 11.7. The Kier molecular flexibility index (Phi) is 3.65. The normalized spacial score (nSPS) is 22.4. The Balaban J connectivity index is 1.73. The second-order valence-electron chi connectivity index (χ2n) is 5.47. The molecular weight excluding hydrogens is 250 g/mol. The molecule has 1 aromatic heterocycles. The fourth-order valence-corrected chi connectivity index (χ4v) is 2.82. The maximum absolute atomic E-state index is 8.91. The minimum Gasteiger partial charge on any atom is -0.411 e. The number of oxime groups is 1. The molecule has 0 spiro atoms. The molecule has 1 aliphatic heterocycles. The van der Waals surface area contributed by atoms with E-state index in [9.17, 15) is 0 Å². The minimum absolute atomic E-state index is 0.314. The molecule has 0 saturated carbocycles. The fraction of sp³-hybridized carbons (Fsp3) is 0.375. The molecule has 2 aromatic rings. The van der Waals surface area contributed by atoms with Crippen molar-refractivity contribution >= 4 is 16.6 Å². The summed E-state index contributed by atoms with van der Waals surface area (Å²) < 4.78 is 0. The number of aromatic nitrogens is 1. The van der Waals surface area contributed by atoms with E-state index >= 15 is 0 Å². The van der Waals surface area contributed by atoms with Crippen LogP contribution in [0.4, 0.5) is 0 Å². The number of likely N-dealkylation sites (tertiary alicyclic amines) is 1. The quantitative estimate of drug-likeness (QED) is 0.673. The van der Waals surface area contributed by atoms with Crippen LogP contribution in [0, 0.1) is 5.92 Å². The molecule has 0 radical (unpaired) electrons. The molecule has 4 heteroatoms. The van der Waals surface area contributed by atoms with E-state index in [1.807, 2.05) is 18.2 Å². The van der Waals surface area contributed by atoms with Crippen LogP contribution < -0.4 is 0 Å². The number of piperidine rings is 1. The van der Waals surface area contributed by atoms with Gasteiger partial charge in [0.05, 0.1) is 16.9 Å². The van der Waals surface area contributed by atoms with Crippen molar-refractivity contribution in [1.82, 2.24) is 9.88 Å². The number of fused-ring (bicyclic) bond motifs is 1. The van der Waals surface area contributed by atoms with Gasteiger partial charge < -0.3 is 5.21 Å². The first-order valence-corrected chi connectivity index (χ1v) is 7.04. The van der Waals surface area contributed by atoms with Gasteiger partial charge in [0.15, 0.2) is 0 Å². The molecule has 1 atom stereocenters. The lowest BCUT2D eigenvalue weighted by Gasteiger charge is -2.31. The second-order valence-corrected chi connectivity index (χ2v) is 5.47. The molecular formula is C16H19N3O. The predicted octanol–water partition coefficient (Wildman–Crippen LogP) is 2.91. The summed E-state index contributed by atoms with van der Waals surface area (Å²) in [6.45, 7) is 4.81. The third-order valence-electron chi connectivity index (χ3n) is 3.96. The van der Waals surface area contributed by atoms with Crippen molar-refractivity contribution in [1.29, 1.82) is 0 Å². The maximum atomic E-state index is 8.91. The highest BCUT2D eigenvalue weighted by Gasteiger charge is 2.22. The van der Waals surface area contributed by atoms with Gasteiger partial charge in [-0.25, -0.2) is 0 Å². The molecule has 1 unspecified atom stereocenters. The molecule has 1 saturated heterocycles. The van der Waals surface area contributed by atoms with Crippen LogP contribution in [0.2, 0.25) is 0 Å². The first-order valence-electron chi connectivity index (χ1n) is 7.04. The van der Waals surface area contributed by atoms with Gasteiger partial charge in [0, 0.05) is 37.4 Å². The van der Waals surface area contributed by atoms with Gasteiger partial charge in [0.25, 0.3) is 0 Å². The third kappa shape index (κ3) is 2.65. The van der Waals surface area contributed by atoms with Gasteiger partial charge in [0.2, 0.25) is 0 Å². The largest absolute Gasteiger partial charge is 0.411 e. The molecule has 0 aliphatic carbocycles. The van der Waals surface area contributed by atoms with Gasteiger partial charge in [0.1, 0.15) is 0 Å². The van der Waals surface area contributed by atoms with Gasteiger partial charge >= 0.3 is 0 Å². The Hall–Kier alpha value is -1.94. The van der Waals surface area contributed by atoms with Crippen molar-refractivity contribution < 1.29 is 5.21 Å².